The minimum Gasteiger partial charge on any atom is -0.485 e. The number of benzene rings is 1. The van der Waals surface area contributed by atoms with E-state index in [1.165, 1.54) is 10.9 Å². The summed E-state index contributed by atoms with van der Waals surface area (Å²) < 4.78 is 35.1. The van der Waals surface area contributed by atoms with Crippen molar-refractivity contribution in [3.8, 4) is 5.75 Å². The van der Waals surface area contributed by atoms with E-state index in [4.69, 9.17) is 4.74 Å². The maximum absolute atomic E-state index is 14.0. The number of Topliss-reactive ketones (excluding diaryl/α,β-unsaturated/α-hetero) is 1. The molecular weight excluding hydrogens is 434 g/mol. The van der Waals surface area contributed by atoms with Gasteiger partial charge in [0.15, 0.2) is 23.0 Å². The van der Waals surface area contributed by atoms with Gasteiger partial charge in [-0.25, -0.2) is 13.8 Å². The van der Waals surface area contributed by atoms with Crippen molar-refractivity contribution in [2.24, 2.45) is 7.05 Å². The van der Waals surface area contributed by atoms with Crippen LogP contribution in [0.2, 0.25) is 0 Å². The first-order valence-corrected chi connectivity index (χ1v) is 10.2. The van der Waals surface area contributed by atoms with Gasteiger partial charge in [-0.1, -0.05) is 6.07 Å². The zero-order valence-corrected chi connectivity index (χ0v) is 18.3. The smallest absolute Gasteiger partial charge is 0.183 e. The molecule has 33 heavy (non-hydrogen) atoms. The van der Waals surface area contributed by atoms with Gasteiger partial charge < -0.3 is 9.84 Å². The molecule has 0 spiro atoms. The van der Waals surface area contributed by atoms with E-state index >= 15 is 0 Å². The van der Waals surface area contributed by atoms with Crippen molar-refractivity contribution < 1.29 is 23.4 Å². The molecule has 0 aliphatic heterocycles. The second kappa shape index (κ2) is 8.66. The number of hydrogen-bond donors (Lipinski definition) is 1. The number of nitrogens with zero attached hydrogens (tertiary/aromatic N) is 6. The van der Waals surface area contributed by atoms with Crippen LogP contribution >= 0.6 is 0 Å². The monoisotopic (exact) mass is 456 g/mol. The number of tetrazole rings is 1. The van der Waals surface area contributed by atoms with Gasteiger partial charge in [0.2, 0.25) is 0 Å². The van der Waals surface area contributed by atoms with Gasteiger partial charge in [-0.3, -0.25) is 9.20 Å². The predicted molar refractivity (Wildman–Crippen MR) is 113 cm³/mol. The van der Waals surface area contributed by atoms with Crippen molar-refractivity contribution in [3.05, 3.63) is 70.9 Å². The Balaban J connectivity index is 1.64. The Labute approximate surface area is 187 Å². The number of halogens is 2. The number of aryl methyl sites for hydroxylation is 2. The normalized spacial score (nSPS) is 13.3. The Morgan fingerprint density at radius 2 is 1.94 bits per heavy atom. The Bertz CT molecular complexity index is 1310. The number of hydrogen-bond acceptors (Lipinski definition) is 7. The lowest BCUT2D eigenvalue weighted by Crippen LogP contribution is -2.32. The van der Waals surface area contributed by atoms with Crippen molar-refractivity contribution in [1.82, 2.24) is 29.6 Å². The summed E-state index contributed by atoms with van der Waals surface area (Å²) in [5.74, 6) is -1.19. The molecule has 0 radical (unpaired) electrons. The third-order valence-corrected chi connectivity index (χ3v) is 5.43. The van der Waals surface area contributed by atoms with Gasteiger partial charge in [0.05, 0.1) is 30.3 Å². The maximum Gasteiger partial charge on any atom is 0.183 e. The molecule has 0 bridgehead atoms. The lowest BCUT2D eigenvalue weighted by Gasteiger charge is -2.22. The fourth-order valence-corrected chi connectivity index (χ4v) is 3.59. The number of pyridine rings is 1. The Morgan fingerprint density at radius 3 is 2.58 bits per heavy atom. The molecule has 3 heterocycles. The number of carbonyl (C=O) groups is 1. The zero-order valence-electron chi connectivity index (χ0n) is 18.3. The molecule has 0 amide bonds. The van der Waals surface area contributed by atoms with Crippen LogP contribution in [0.5, 0.6) is 5.75 Å². The van der Waals surface area contributed by atoms with Crippen molar-refractivity contribution in [2.45, 2.75) is 32.3 Å². The molecule has 3 aromatic heterocycles. The van der Waals surface area contributed by atoms with Crippen molar-refractivity contribution in [3.63, 3.8) is 0 Å². The van der Waals surface area contributed by atoms with Gasteiger partial charge >= 0.3 is 0 Å². The summed E-state index contributed by atoms with van der Waals surface area (Å²) >= 11 is 0. The van der Waals surface area contributed by atoms with Crippen molar-refractivity contribution in [2.75, 3.05) is 6.61 Å². The number of ketones is 1. The SMILES string of the molecule is Cc1nc2c(OCc3c(F)cccc3F)cccn2c1C(=O)C[C@](C)(CO)c1nnn(C)n1. The van der Waals surface area contributed by atoms with Crippen molar-refractivity contribution >= 4 is 11.4 Å². The summed E-state index contributed by atoms with van der Waals surface area (Å²) in [6.07, 6.45) is 1.56. The molecule has 11 heteroatoms. The molecule has 0 aliphatic rings. The molecule has 1 aromatic carbocycles. The summed E-state index contributed by atoms with van der Waals surface area (Å²) in [6.45, 7) is 2.66. The van der Waals surface area contributed by atoms with Crippen LogP contribution < -0.4 is 4.74 Å². The van der Waals surface area contributed by atoms with Crippen LogP contribution in [0, 0.1) is 18.6 Å². The lowest BCUT2D eigenvalue weighted by atomic mass is 9.84. The molecule has 9 nitrogen and oxygen atoms in total. The first kappa shape index (κ1) is 22.5. The van der Waals surface area contributed by atoms with Crippen LogP contribution in [0.3, 0.4) is 0 Å². The van der Waals surface area contributed by atoms with Crippen molar-refractivity contribution in [1.29, 1.82) is 0 Å². The van der Waals surface area contributed by atoms with Gasteiger partial charge in [0.1, 0.15) is 23.9 Å². The molecule has 172 valence electrons. The molecule has 1 N–H and O–H groups in total. The van der Waals surface area contributed by atoms with E-state index in [1.807, 2.05) is 0 Å². The highest BCUT2D eigenvalue weighted by Crippen LogP contribution is 2.29. The predicted octanol–water partition coefficient (Wildman–Crippen LogP) is 2.55. The average Bonchev–Trinajstić information content (AvgIpc) is 3.36. The molecule has 1 atom stereocenters. The first-order chi connectivity index (χ1) is 15.7. The second-order valence-corrected chi connectivity index (χ2v) is 8.02. The zero-order chi connectivity index (χ0) is 23.8. The molecular formula is C22H22F2N6O3. The van der Waals surface area contributed by atoms with Crippen LogP contribution in [0.1, 0.15) is 40.9 Å². The Hall–Kier alpha value is -3.73. The molecule has 0 unspecified atom stereocenters. The number of fused-ring (bicyclic) bond motifs is 1. The van der Waals surface area contributed by atoms with Crippen LogP contribution in [0.4, 0.5) is 8.78 Å². The molecule has 4 aromatic rings. The second-order valence-electron chi connectivity index (χ2n) is 8.02. The average molecular weight is 456 g/mol. The van der Waals surface area contributed by atoms with Crippen LogP contribution in [0.15, 0.2) is 36.5 Å². The van der Waals surface area contributed by atoms with E-state index in [9.17, 15) is 18.7 Å². The fraction of sp³-hybridized carbons (Fsp3) is 0.318. The fourth-order valence-electron chi connectivity index (χ4n) is 3.59. The van der Waals surface area contributed by atoms with Gasteiger partial charge in [-0.15, -0.1) is 10.2 Å². The summed E-state index contributed by atoms with van der Waals surface area (Å²) in [4.78, 5) is 19.0. The Morgan fingerprint density at radius 1 is 1.21 bits per heavy atom. The molecule has 0 saturated carbocycles. The molecule has 0 saturated heterocycles. The number of aromatic nitrogens is 6. The van der Waals surface area contributed by atoms with Crippen LogP contribution in [-0.2, 0) is 19.1 Å². The molecule has 0 aliphatic carbocycles. The third-order valence-electron chi connectivity index (χ3n) is 5.43. The van der Waals surface area contributed by atoms with E-state index in [1.54, 1.807) is 43.6 Å². The van der Waals surface area contributed by atoms with Gasteiger partial charge in [0.25, 0.3) is 0 Å². The first-order valence-electron chi connectivity index (χ1n) is 10.2. The number of carbonyl (C=O) groups excluding carboxylic acids is 1. The number of aliphatic hydroxyl groups excluding tert-OH is 1. The number of imidazole rings is 1. The molecule has 0 fully saturated rings. The molecule has 4 rings (SSSR count). The van der Waals surface area contributed by atoms with Crippen LogP contribution in [-0.4, -0.2) is 47.1 Å². The largest absolute Gasteiger partial charge is 0.485 e. The number of rotatable bonds is 8. The van der Waals surface area contributed by atoms with E-state index in [0.717, 1.165) is 12.1 Å². The highest BCUT2D eigenvalue weighted by molar-refractivity contribution is 5.97. The minimum atomic E-state index is -1.04. The summed E-state index contributed by atoms with van der Waals surface area (Å²) in [5.41, 5.74) is -0.164. The van der Waals surface area contributed by atoms with Crippen LogP contribution in [0.25, 0.3) is 5.65 Å². The quantitative estimate of drug-likeness (QED) is 0.406. The highest BCUT2D eigenvalue weighted by Gasteiger charge is 2.35. The van der Waals surface area contributed by atoms with E-state index in [0.29, 0.717) is 17.0 Å². The van der Waals surface area contributed by atoms with E-state index < -0.39 is 17.0 Å². The van der Waals surface area contributed by atoms with Gasteiger partial charge in [-0.2, -0.15) is 4.80 Å². The van der Waals surface area contributed by atoms with Gasteiger partial charge in [0, 0.05) is 12.6 Å². The van der Waals surface area contributed by atoms with Gasteiger partial charge in [-0.05, 0) is 43.3 Å². The Kier molecular flexibility index (Phi) is 5.90. The number of aliphatic hydroxyl groups is 1. The van der Waals surface area contributed by atoms with E-state index in [-0.39, 0.29) is 42.6 Å². The summed E-state index contributed by atoms with van der Waals surface area (Å²) in [6, 6.07) is 6.84. The summed E-state index contributed by atoms with van der Waals surface area (Å²) in [7, 11) is 1.60. The van der Waals surface area contributed by atoms with E-state index in [2.05, 4.69) is 20.4 Å². The lowest BCUT2D eigenvalue weighted by molar-refractivity contribution is 0.0906. The standard InChI is InChI=1S/C22H22F2N6O3/c1-13-19(17(32)10-22(2,12-31)21-26-28-29(3)27-21)30-9-5-8-18(20(30)25-13)33-11-14-15(23)6-4-7-16(14)24/h4-9,31H,10-12H2,1-3H3/t22-/m1/s1. The highest BCUT2D eigenvalue weighted by atomic mass is 19.1. The third kappa shape index (κ3) is 4.19. The maximum atomic E-state index is 14.0. The summed E-state index contributed by atoms with van der Waals surface area (Å²) in [5, 5.41) is 21.8. The number of ether oxygens (including phenoxy) is 1. The minimum absolute atomic E-state index is 0.0879. The topological polar surface area (TPSA) is 107 Å².